The second-order valence-corrected chi connectivity index (χ2v) is 3.57. The zero-order valence-corrected chi connectivity index (χ0v) is 7.62. The molecule has 0 aliphatic carbocycles. The number of halogens is 1. The van der Waals surface area contributed by atoms with E-state index in [2.05, 4.69) is 21.0 Å². The Kier molecular flexibility index (Phi) is 1.96. The van der Waals surface area contributed by atoms with Gasteiger partial charge in [0.25, 0.3) is 0 Å². The summed E-state index contributed by atoms with van der Waals surface area (Å²) in [6.45, 7) is 1.66. The van der Waals surface area contributed by atoms with Crippen LogP contribution in [0.15, 0.2) is 16.9 Å². The highest BCUT2D eigenvalue weighted by molar-refractivity contribution is 9.10. The van der Waals surface area contributed by atoms with Crippen molar-refractivity contribution in [2.24, 2.45) is 0 Å². The molecule has 4 heteroatoms. The molecule has 60 valence electrons. The number of aromatic nitrogens is 2. The predicted octanol–water partition coefficient (Wildman–Crippen LogP) is 1.61. The lowest BCUT2D eigenvalue weighted by atomic mass is 10.3. The molecule has 1 aliphatic rings. The predicted molar refractivity (Wildman–Crippen MR) is 44.4 cm³/mol. The van der Waals surface area contributed by atoms with Crippen molar-refractivity contribution in [3.8, 4) is 0 Å². The molecule has 0 radical (unpaired) electrons. The van der Waals surface area contributed by atoms with Crippen LogP contribution in [0.2, 0.25) is 0 Å². The van der Waals surface area contributed by atoms with E-state index in [1.54, 1.807) is 6.20 Å². The summed E-state index contributed by atoms with van der Waals surface area (Å²) in [7, 11) is 0. The van der Waals surface area contributed by atoms with Crippen molar-refractivity contribution in [3.63, 3.8) is 0 Å². The highest BCUT2D eigenvalue weighted by Crippen LogP contribution is 2.19. The Balaban J connectivity index is 2.15. The lowest BCUT2D eigenvalue weighted by molar-refractivity contribution is 0.184. The van der Waals surface area contributed by atoms with Crippen molar-refractivity contribution >= 4 is 15.9 Å². The molecule has 11 heavy (non-hydrogen) atoms. The van der Waals surface area contributed by atoms with Crippen molar-refractivity contribution in [3.05, 3.63) is 16.9 Å². The van der Waals surface area contributed by atoms with Crippen LogP contribution >= 0.6 is 15.9 Å². The monoisotopic (exact) mass is 216 g/mol. The van der Waals surface area contributed by atoms with Gasteiger partial charge in [-0.1, -0.05) is 0 Å². The van der Waals surface area contributed by atoms with Crippen molar-refractivity contribution in [2.75, 3.05) is 13.2 Å². The minimum atomic E-state index is 0.446. The van der Waals surface area contributed by atoms with Gasteiger partial charge in [0.15, 0.2) is 0 Å². The zero-order chi connectivity index (χ0) is 7.68. The van der Waals surface area contributed by atoms with E-state index in [0.717, 1.165) is 24.1 Å². The van der Waals surface area contributed by atoms with Gasteiger partial charge in [-0.15, -0.1) is 0 Å². The molecule has 0 N–H and O–H groups in total. The molecule has 0 amide bonds. The molecule has 3 nitrogen and oxygen atoms in total. The Hall–Kier alpha value is -0.350. The molecule has 0 unspecified atom stereocenters. The summed E-state index contributed by atoms with van der Waals surface area (Å²) in [5.41, 5.74) is 0. The number of hydrogen-bond acceptors (Lipinski definition) is 2. The van der Waals surface area contributed by atoms with Gasteiger partial charge in [0.05, 0.1) is 23.3 Å². The largest absolute Gasteiger partial charge is 0.379 e. The first kappa shape index (κ1) is 7.31. The van der Waals surface area contributed by atoms with Crippen molar-refractivity contribution in [1.29, 1.82) is 0 Å². The molecule has 2 rings (SSSR count). The Labute approximate surface area is 73.5 Å². The van der Waals surface area contributed by atoms with Gasteiger partial charge in [0.1, 0.15) is 0 Å². The van der Waals surface area contributed by atoms with Crippen molar-refractivity contribution in [2.45, 2.75) is 12.5 Å². The van der Waals surface area contributed by atoms with Gasteiger partial charge in [0.2, 0.25) is 0 Å². The molecule has 0 spiro atoms. The van der Waals surface area contributed by atoms with Crippen LogP contribution in [0.4, 0.5) is 0 Å². The third kappa shape index (κ3) is 1.46. The maximum Gasteiger partial charge on any atom is 0.0774 e. The number of rotatable bonds is 1. The number of hydrogen-bond donors (Lipinski definition) is 0. The average Bonchev–Trinajstić information content (AvgIpc) is 2.55. The van der Waals surface area contributed by atoms with E-state index in [0.29, 0.717) is 6.04 Å². The van der Waals surface area contributed by atoms with E-state index in [1.165, 1.54) is 0 Å². The van der Waals surface area contributed by atoms with Crippen LogP contribution in [0.5, 0.6) is 0 Å². The van der Waals surface area contributed by atoms with E-state index < -0.39 is 0 Å². The van der Waals surface area contributed by atoms with Crippen LogP contribution in [-0.2, 0) is 4.74 Å². The molecule has 1 saturated heterocycles. The second kappa shape index (κ2) is 2.95. The zero-order valence-electron chi connectivity index (χ0n) is 6.03. The fourth-order valence-corrected chi connectivity index (χ4v) is 1.55. The lowest BCUT2D eigenvalue weighted by Gasteiger charge is -2.06. The van der Waals surface area contributed by atoms with Crippen LogP contribution in [0.1, 0.15) is 12.5 Å². The minimum Gasteiger partial charge on any atom is -0.379 e. The molecule has 0 aromatic carbocycles. The lowest BCUT2D eigenvalue weighted by Crippen LogP contribution is -2.08. The Morgan fingerprint density at radius 1 is 1.73 bits per heavy atom. The maximum absolute atomic E-state index is 5.24. The summed E-state index contributed by atoms with van der Waals surface area (Å²) < 4.78 is 8.23. The molecule has 1 fully saturated rings. The molecular formula is C7H9BrN2O. The molecule has 1 aromatic rings. The molecule has 1 aromatic heterocycles. The normalized spacial score (nSPS) is 24.3. The first-order valence-electron chi connectivity index (χ1n) is 3.63. The summed E-state index contributed by atoms with van der Waals surface area (Å²) in [5, 5.41) is 4.19. The van der Waals surface area contributed by atoms with Crippen LogP contribution in [-0.4, -0.2) is 23.0 Å². The van der Waals surface area contributed by atoms with Crippen LogP contribution in [0.25, 0.3) is 0 Å². The van der Waals surface area contributed by atoms with Gasteiger partial charge >= 0.3 is 0 Å². The molecule has 2 heterocycles. The van der Waals surface area contributed by atoms with Crippen molar-refractivity contribution < 1.29 is 4.74 Å². The Morgan fingerprint density at radius 3 is 3.18 bits per heavy atom. The second-order valence-electron chi connectivity index (χ2n) is 2.66. The summed E-state index contributed by atoms with van der Waals surface area (Å²) in [6, 6.07) is 0.446. The first-order valence-corrected chi connectivity index (χ1v) is 4.43. The third-order valence-corrected chi connectivity index (χ3v) is 2.26. The molecule has 0 bridgehead atoms. The fourth-order valence-electron chi connectivity index (χ4n) is 1.25. The van der Waals surface area contributed by atoms with Gasteiger partial charge in [-0.2, -0.15) is 5.10 Å². The summed E-state index contributed by atoms with van der Waals surface area (Å²) >= 11 is 3.36. The molecule has 1 atom stereocenters. The Bertz CT molecular complexity index is 242. The van der Waals surface area contributed by atoms with E-state index in [4.69, 9.17) is 4.74 Å². The number of ether oxygens (including phenoxy) is 1. The average molecular weight is 217 g/mol. The van der Waals surface area contributed by atoms with Gasteiger partial charge < -0.3 is 4.74 Å². The van der Waals surface area contributed by atoms with E-state index in [1.807, 2.05) is 10.9 Å². The number of nitrogens with zero attached hydrogens (tertiary/aromatic N) is 2. The molecular weight excluding hydrogens is 208 g/mol. The van der Waals surface area contributed by atoms with Crippen LogP contribution in [0, 0.1) is 0 Å². The topological polar surface area (TPSA) is 27.1 Å². The third-order valence-electron chi connectivity index (χ3n) is 1.85. The molecule has 0 saturated carbocycles. The SMILES string of the molecule is Brc1cnn([C@H]2CCOC2)c1. The van der Waals surface area contributed by atoms with Gasteiger partial charge in [-0.3, -0.25) is 4.68 Å². The highest BCUT2D eigenvalue weighted by Gasteiger charge is 2.17. The van der Waals surface area contributed by atoms with E-state index >= 15 is 0 Å². The van der Waals surface area contributed by atoms with Gasteiger partial charge in [-0.05, 0) is 22.4 Å². The first-order chi connectivity index (χ1) is 5.36. The summed E-state index contributed by atoms with van der Waals surface area (Å²) in [6.07, 6.45) is 4.87. The smallest absolute Gasteiger partial charge is 0.0774 e. The minimum absolute atomic E-state index is 0.446. The molecule has 1 aliphatic heterocycles. The standard InChI is InChI=1S/C7H9BrN2O/c8-6-3-9-10(4-6)7-1-2-11-5-7/h3-4,7H,1-2,5H2/t7-/m0/s1. The van der Waals surface area contributed by atoms with Crippen LogP contribution in [0.3, 0.4) is 0 Å². The van der Waals surface area contributed by atoms with E-state index in [-0.39, 0.29) is 0 Å². The fraction of sp³-hybridized carbons (Fsp3) is 0.571. The Morgan fingerprint density at radius 2 is 2.64 bits per heavy atom. The maximum atomic E-state index is 5.24. The van der Waals surface area contributed by atoms with E-state index in [9.17, 15) is 0 Å². The summed E-state index contributed by atoms with van der Waals surface area (Å²) in [4.78, 5) is 0. The van der Waals surface area contributed by atoms with Gasteiger partial charge in [0, 0.05) is 12.8 Å². The van der Waals surface area contributed by atoms with Crippen molar-refractivity contribution in [1.82, 2.24) is 9.78 Å². The quantitative estimate of drug-likeness (QED) is 0.714. The summed E-state index contributed by atoms with van der Waals surface area (Å²) in [5.74, 6) is 0. The highest BCUT2D eigenvalue weighted by atomic mass is 79.9. The van der Waals surface area contributed by atoms with Crippen LogP contribution < -0.4 is 0 Å². The van der Waals surface area contributed by atoms with Gasteiger partial charge in [-0.25, -0.2) is 0 Å².